The lowest BCUT2D eigenvalue weighted by Gasteiger charge is -2.21. The van der Waals surface area contributed by atoms with Crippen molar-refractivity contribution < 1.29 is 21.2 Å². The molecule has 0 amide bonds. The zero-order chi connectivity index (χ0) is 15.7. The Hall–Kier alpha value is -1.97. The molecule has 9 heteroatoms. The maximum absolute atomic E-state index is 12.8. The van der Waals surface area contributed by atoms with Crippen molar-refractivity contribution in [3.63, 3.8) is 0 Å². The van der Waals surface area contributed by atoms with Crippen molar-refractivity contribution in [2.24, 2.45) is 5.14 Å². The van der Waals surface area contributed by atoms with Crippen molar-refractivity contribution in [3.05, 3.63) is 59.1 Å². The second kappa shape index (κ2) is 5.43. The first-order chi connectivity index (χ1) is 9.68. The van der Waals surface area contributed by atoms with Crippen LogP contribution in [0.1, 0.15) is 0 Å². The van der Waals surface area contributed by atoms with E-state index in [1.807, 2.05) is 0 Å². The Balaban J connectivity index is 2.27. The van der Waals surface area contributed by atoms with E-state index in [4.69, 9.17) is 5.14 Å². The van der Waals surface area contributed by atoms with E-state index < -0.39 is 25.9 Å². The summed E-state index contributed by atoms with van der Waals surface area (Å²) in [7, 11) is -7.85. The highest BCUT2D eigenvalue weighted by Gasteiger charge is 2.07. The molecule has 2 rings (SSSR count). The van der Waals surface area contributed by atoms with Crippen molar-refractivity contribution in [2.75, 3.05) is 0 Å². The van der Waals surface area contributed by atoms with Gasteiger partial charge in [0.05, 0.1) is 9.79 Å². The molecule has 0 spiro atoms. The van der Waals surface area contributed by atoms with Crippen LogP contribution in [0.25, 0.3) is 4.72 Å². The van der Waals surface area contributed by atoms with Gasteiger partial charge in [0.1, 0.15) is 15.8 Å². The number of primary sulfonamides is 1. The second-order valence-electron chi connectivity index (χ2n) is 4.06. The Bertz CT molecular complexity index is 845. The van der Waals surface area contributed by atoms with Crippen LogP contribution >= 0.6 is 0 Å². The summed E-state index contributed by atoms with van der Waals surface area (Å²) in [5.74, 6) is -0.563. The van der Waals surface area contributed by atoms with Gasteiger partial charge in [-0.05, 0) is 36.4 Å². The molecule has 0 saturated carbocycles. The molecule has 0 aliphatic rings. The van der Waals surface area contributed by atoms with Crippen molar-refractivity contribution in [3.8, 4) is 0 Å². The third kappa shape index (κ3) is 3.78. The number of hydrogen-bond donors (Lipinski definition) is 1. The summed E-state index contributed by atoms with van der Waals surface area (Å²) in [5.41, 5.74) is 0.0340. The monoisotopic (exact) mass is 329 g/mol. The molecule has 0 radical (unpaired) electrons. The summed E-state index contributed by atoms with van der Waals surface area (Å²) in [6.45, 7) is 0. The molecule has 2 N–H and O–H groups in total. The zero-order valence-electron chi connectivity index (χ0n) is 10.5. The van der Waals surface area contributed by atoms with E-state index >= 15 is 0 Å². The highest BCUT2D eigenvalue weighted by molar-refractivity contribution is 7.94. The average molecular weight is 329 g/mol. The van der Waals surface area contributed by atoms with Gasteiger partial charge in [-0.25, -0.2) is 26.4 Å². The van der Waals surface area contributed by atoms with Crippen LogP contribution < -0.4 is 5.14 Å². The summed E-state index contributed by atoms with van der Waals surface area (Å²) in [5, 5.41) is 4.93. The second-order valence-corrected chi connectivity index (χ2v) is 7.22. The number of rotatable bonds is 4. The minimum Gasteiger partial charge on any atom is -0.573 e. The lowest BCUT2D eigenvalue weighted by molar-refractivity contribution is 0.597. The molecular weight excluding hydrogens is 319 g/mol. The topological polar surface area (TPSA) is 108 Å². The Morgan fingerprint density at radius 1 is 0.810 bits per heavy atom. The largest absolute Gasteiger partial charge is 0.573 e. The van der Waals surface area contributed by atoms with Gasteiger partial charge < -0.3 is 4.72 Å². The van der Waals surface area contributed by atoms with E-state index in [0.29, 0.717) is 0 Å². The van der Waals surface area contributed by atoms with Crippen LogP contribution in [0.3, 0.4) is 0 Å². The first-order valence-corrected chi connectivity index (χ1v) is 8.53. The van der Waals surface area contributed by atoms with E-state index in [0.717, 1.165) is 36.4 Å². The van der Waals surface area contributed by atoms with Gasteiger partial charge in [0.25, 0.3) is 0 Å². The maximum atomic E-state index is 12.8. The Labute approximate surface area is 121 Å². The summed E-state index contributed by atoms with van der Waals surface area (Å²) >= 11 is 0. The van der Waals surface area contributed by atoms with Crippen LogP contribution in [0, 0.1) is 5.82 Å². The summed E-state index contributed by atoms with van der Waals surface area (Å²) in [4.78, 5) is -0.319. The molecule has 0 aromatic heterocycles. The molecule has 2 aromatic rings. The van der Waals surface area contributed by atoms with E-state index in [2.05, 4.69) is 4.72 Å². The van der Waals surface area contributed by atoms with Crippen LogP contribution in [0.5, 0.6) is 0 Å². The lowest BCUT2D eigenvalue weighted by atomic mass is 10.3. The smallest absolute Gasteiger partial charge is 0.238 e. The van der Waals surface area contributed by atoms with Gasteiger partial charge >= 0.3 is 0 Å². The fourth-order valence-corrected chi connectivity index (χ4v) is 2.99. The molecular formula is C12H10FN2O4S2-. The molecule has 0 unspecified atom stereocenters. The van der Waals surface area contributed by atoms with Crippen LogP contribution in [0.4, 0.5) is 10.1 Å². The van der Waals surface area contributed by atoms with Crippen molar-refractivity contribution >= 4 is 25.7 Å². The van der Waals surface area contributed by atoms with Gasteiger partial charge in [-0.1, -0.05) is 12.1 Å². The van der Waals surface area contributed by atoms with Crippen LogP contribution in [-0.2, 0) is 20.0 Å². The number of halogens is 1. The van der Waals surface area contributed by atoms with E-state index in [-0.39, 0.29) is 15.5 Å². The van der Waals surface area contributed by atoms with Crippen LogP contribution in [0.15, 0.2) is 58.3 Å². The summed E-state index contributed by atoms with van der Waals surface area (Å²) in [6.07, 6.45) is 0. The quantitative estimate of drug-likeness (QED) is 0.923. The molecule has 0 atom stereocenters. The van der Waals surface area contributed by atoms with Crippen molar-refractivity contribution in [2.45, 2.75) is 9.79 Å². The standard InChI is InChI=1S/C12H10FN2O4S2/c13-9-1-5-12(6-2-9)21(18,19)15-10-3-7-11(8-4-10)20(14,16)17/h1-8H,(H2,14,16,17)/q-1. The predicted octanol–water partition coefficient (Wildman–Crippen LogP) is 1.87. The first kappa shape index (κ1) is 15.4. The highest BCUT2D eigenvalue weighted by Crippen LogP contribution is 2.28. The molecule has 2 aromatic carbocycles. The van der Waals surface area contributed by atoms with Gasteiger partial charge in [0.2, 0.25) is 10.0 Å². The zero-order valence-corrected chi connectivity index (χ0v) is 12.1. The van der Waals surface area contributed by atoms with Crippen molar-refractivity contribution in [1.29, 1.82) is 0 Å². The number of nitrogens with zero attached hydrogens (tertiary/aromatic N) is 1. The van der Waals surface area contributed by atoms with Gasteiger partial charge in [-0.2, -0.15) is 0 Å². The SMILES string of the molecule is NS(=O)(=O)c1ccc([N-]S(=O)(=O)c2ccc(F)cc2)cc1. The lowest BCUT2D eigenvalue weighted by Crippen LogP contribution is -2.11. The number of sulfonamides is 2. The number of benzene rings is 2. The van der Waals surface area contributed by atoms with E-state index in [1.54, 1.807) is 0 Å². The number of hydrogen-bond acceptors (Lipinski definition) is 4. The van der Waals surface area contributed by atoms with Gasteiger partial charge in [0, 0.05) is 0 Å². The minimum absolute atomic E-state index is 0.0340. The van der Waals surface area contributed by atoms with E-state index in [9.17, 15) is 21.2 Å². The van der Waals surface area contributed by atoms with Crippen LogP contribution in [0.2, 0.25) is 0 Å². The summed E-state index contributed by atoms with van der Waals surface area (Å²) in [6, 6.07) is 8.91. The molecule has 0 bridgehead atoms. The molecule has 0 heterocycles. The van der Waals surface area contributed by atoms with Crippen molar-refractivity contribution in [1.82, 2.24) is 0 Å². The predicted molar refractivity (Wildman–Crippen MR) is 74.4 cm³/mol. The highest BCUT2D eigenvalue weighted by atomic mass is 32.2. The molecule has 21 heavy (non-hydrogen) atoms. The molecule has 0 saturated heterocycles. The molecule has 112 valence electrons. The third-order valence-electron chi connectivity index (χ3n) is 2.50. The van der Waals surface area contributed by atoms with Crippen LogP contribution in [-0.4, -0.2) is 16.8 Å². The van der Waals surface area contributed by atoms with Gasteiger partial charge in [-0.15, -0.1) is 5.69 Å². The first-order valence-electron chi connectivity index (χ1n) is 5.55. The molecule has 6 nitrogen and oxygen atoms in total. The van der Waals surface area contributed by atoms with Gasteiger partial charge in [-0.3, -0.25) is 0 Å². The third-order valence-corrected chi connectivity index (χ3v) is 4.75. The Morgan fingerprint density at radius 3 is 1.76 bits per heavy atom. The normalized spacial score (nSPS) is 12.1. The Morgan fingerprint density at radius 2 is 1.29 bits per heavy atom. The number of nitrogens with two attached hydrogens (primary N) is 1. The fourth-order valence-electron chi connectivity index (χ4n) is 1.49. The Kier molecular flexibility index (Phi) is 3.99. The fraction of sp³-hybridized carbons (Fsp3) is 0. The summed E-state index contributed by atoms with van der Waals surface area (Å²) < 4.78 is 62.4. The molecule has 0 aliphatic heterocycles. The maximum Gasteiger partial charge on any atom is 0.238 e. The average Bonchev–Trinajstić information content (AvgIpc) is 2.38. The van der Waals surface area contributed by atoms with E-state index in [1.165, 1.54) is 12.1 Å². The molecule has 0 aliphatic carbocycles. The van der Waals surface area contributed by atoms with Gasteiger partial charge in [0.15, 0.2) is 0 Å². The minimum atomic E-state index is -4.00. The molecule has 0 fully saturated rings.